The summed E-state index contributed by atoms with van der Waals surface area (Å²) in [5, 5.41) is 3.32. The van der Waals surface area contributed by atoms with E-state index in [0.29, 0.717) is 0 Å². The van der Waals surface area contributed by atoms with Crippen LogP contribution in [0.1, 0.15) is 26.2 Å². The van der Waals surface area contributed by atoms with Gasteiger partial charge in [-0.3, -0.25) is 9.69 Å². The highest BCUT2D eigenvalue weighted by Gasteiger charge is 2.40. The lowest BCUT2D eigenvalue weighted by atomic mass is 9.75. The van der Waals surface area contributed by atoms with Gasteiger partial charge >= 0.3 is 0 Å². The molecule has 0 radical (unpaired) electrons. The number of nitrogens with zero attached hydrogens (tertiary/aromatic N) is 2. The lowest BCUT2D eigenvalue weighted by molar-refractivity contribution is -0.129. The van der Waals surface area contributed by atoms with Crippen LogP contribution in [0.2, 0.25) is 0 Å². The average Bonchev–Trinajstić information content (AvgIpc) is 2.47. The minimum Gasteiger partial charge on any atom is -0.317 e. The van der Waals surface area contributed by atoms with Crippen LogP contribution in [0.25, 0.3) is 0 Å². The summed E-state index contributed by atoms with van der Waals surface area (Å²) in [6.45, 7) is 3.96. The number of aromatic nitrogens is 1. The molecule has 0 aromatic carbocycles. The molecule has 18 heavy (non-hydrogen) atoms. The van der Waals surface area contributed by atoms with Crippen molar-refractivity contribution < 1.29 is 4.79 Å². The van der Waals surface area contributed by atoms with Crippen molar-refractivity contribution in [1.29, 1.82) is 0 Å². The maximum Gasteiger partial charge on any atom is 0.234 e. The molecular weight excluding hydrogens is 226 g/mol. The Bertz CT molecular complexity index is 399. The number of pyridine rings is 1. The van der Waals surface area contributed by atoms with Crippen molar-refractivity contribution in [1.82, 2.24) is 10.3 Å². The quantitative estimate of drug-likeness (QED) is 0.886. The number of amides is 1. The largest absolute Gasteiger partial charge is 0.317 e. The second-order valence-electron chi connectivity index (χ2n) is 4.94. The van der Waals surface area contributed by atoms with Gasteiger partial charge in [-0.1, -0.05) is 13.0 Å². The van der Waals surface area contributed by atoms with E-state index >= 15 is 0 Å². The minimum absolute atomic E-state index is 0.199. The molecule has 4 nitrogen and oxygen atoms in total. The molecule has 4 heteroatoms. The van der Waals surface area contributed by atoms with Crippen LogP contribution >= 0.6 is 0 Å². The van der Waals surface area contributed by atoms with Gasteiger partial charge in [-0.15, -0.1) is 0 Å². The fourth-order valence-electron chi connectivity index (χ4n) is 2.64. The maximum absolute atomic E-state index is 12.7. The second-order valence-corrected chi connectivity index (χ2v) is 4.94. The van der Waals surface area contributed by atoms with E-state index in [0.717, 1.165) is 38.2 Å². The Morgan fingerprint density at radius 3 is 2.72 bits per heavy atom. The van der Waals surface area contributed by atoms with E-state index < -0.39 is 0 Å². The Kier molecular flexibility index (Phi) is 3.97. The number of anilines is 1. The molecule has 1 N–H and O–H groups in total. The van der Waals surface area contributed by atoms with Crippen LogP contribution in [-0.2, 0) is 4.79 Å². The van der Waals surface area contributed by atoms with Gasteiger partial charge in [-0.05, 0) is 44.5 Å². The molecule has 1 aromatic heterocycles. The van der Waals surface area contributed by atoms with E-state index in [1.165, 1.54) is 0 Å². The van der Waals surface area contributed by atoms with E-state index in [9.17, 15) is 4.79 Å². The van der Waals surface area contributed by atoms with Crippen LogP contribution in [-0.4, -0.2) is 31.0 Å². The molecule has 1 saturated heterocycles. The third-order valence-corrected chi connectivity index (χ3v) is 3.99. The third kappa shape index (κ3) is 2.38. The molecule has 1 fully saturated rings. The first kappa shape index (κ1) is 13.0. The molecule has 2 rings (SSSR count). The topological polar surface area (TPSA) is 45.2 Å². The number of hydrogen-bond acceptors (Lipinski definition) is 3. The van der Waals surface area contributed by atoms with Gasteiger partial charge in [0.15, 0.2) is 0 Å². The highest BCUT2D eigenvalue weighted by atomic mass is 16.2. The fraction of sp³-hybridized carbons (Fsp3) is 0.571. The van der Waals surface area contributed by atoms with Gasteiger partial charge in [0.25, 0.3) is 0 Å². The molecule has 1 aliphatic heterocycles. The van der Waals surface area contributed by atoms with Crippen LogP contribution in [0.3, 0.4) is 0 Å². The predicted octanol–water partition coefficient (Wildman–Crippen LogP) is 1.82. The molecule has 2 heterocycles. The molecule has 0 spiro atoms. The maximum atomic E-state index is 12.7. The smallest absolute Gasteiger partial charge is 0.234 e. The summed E-state index contributed by atoms with van der Waals surface area (Å²) in [6, 6.07) is 5.65. The van der Waals surface area contributed by atoms with Crippen LogP contribution in [0.15, 0.2) is 24.4 Å². The molecule has 0 saturated carbocycles. The number of rotatable bonds is 3. The number of carbonyl (C=O) groups is 1. The monoisotopic (exact) mass is 247 g/mol. The molecule has 0 unspecified atom stereocenters. The Morgan fingerprint density at radius 1 is 1.44 bits per heavy atom. The van der Waals surface area contributed by atoms with Gasteiger partial charge in [0, 0.05) is 13.2 Å². The third-order valence-electron chi connectivity index (χ3n) is 3.99. The molecule has 1 aromatic rings. The summed E-state index contributed by atoms with van der Waals surface area (Å²) in [5.74, 6) is 0.930. The number of carbonyl (C=O) groups excluding carboxylic acids is 1. The normalized spacial score (nSPS) is 18.3. The van der Waals surface area contributed by atoms with Crippen molar-refractivity contribution in [3.63, 3.8) is 0 Å². The van der Waals surface area contributed by atoms with E-state index in [4.69, 9.17) is 0 Å². The van der Waals surface area contributed by atoms with Crippen LogP contribution in [0.4, 0.5) is 5.82 Å². The molecule has 0 bridgehead atoms. The second kappa shape index (κ2) is 5.48. The van der Waals surface area contributed by atoms with Gasteiger partial charge in [0.05, 0.1) is 5.41 Å². The standard InChI is InChI=1S/C14H21N3O/c1-3-14(7-10-15-11-8-14)13(18)17(2)12-6-4-5-9-16-12/h4-6,9,15H,3,7-8,10-11H2,1-2H3. The average molecular weight is 247 g/mol. The summed E-state index contributed by atoms with van der Waals surface area (Å²) in [5.41, 5.74) is -0.211. The zero-order valence-electron chi connectivity index (χ0n) is 11.1. The number of hydrogen-bond donors (Lipinski definition) is 1. The fourth-order valence-corrected chi connectivity index (χ4v) is 2.64. The van der Waals surface area contributed by atoms with Gasteiger partial charge in [0.1, 0.15) is 5.82 Å². The van der Waals surface area contributed by atoms with Crippen LogP contribution in [0, 0.1) is 5.41 Å². The number of piperidine rings is 1. The molecule has 0 aliphatic carbocycles. The van der Waals surface area contributed by atoms with Gasteiger partial charge in [0.2, 0.25) is 5.91 Å². The van der Waals surface area contributed by atoms with Crippen molar-refractivity contribution in [2.45, 2.75) is 26.2 Å². The van der Waals surface area contributed by atoms with Crippen molar-refractivity contribution in [2.24, 2.45) is 5.41 Å². The first-order chi connectivity index (χ1) is 8.69. The highest BCUT2D eigenvalue weighted by Crippen LogP contribution is 2.35. The SMILES string of the molecule is CCC1(C(=O)N(C)c2ccccn2)CCNCC1. The van der Waals surface area contributed by atoms with Crippen LogP contribution < -0.4 is 10.2 Å². The summed E-state index contributed by atoms with van der Waals surface area (Å²) in [6.07, 6.45) is 4.45. The van der Waals surface area contributed by atoms with E-state index in [2.05, 4.69) is 17.2 Å². The first-order valence-corrected chi connectivity index (χ1v) is 6.59. The van der Waals surface area contributed by atoms with Gasteiger partial charge in [-0.2, -0.15) is 0 Å². The van der Waals surface area contributed by atoms with Crippen molar-refractivity contribution >= 4 is 11.7 Å². The first-order valence-electron chi connectivity index (χ1n) is 6.59. The molecule has 1 aliphatic rings. The zero-order valence-corrected chi connectivity index (χ0v) is 11.1. The highest BCUT2D eigenvalue weighted by molar-refractivity contribution is 5.96. The van der Waals surface area contributed by atoms with Gasteiger partial charge in [-0.25, -0.2) is 4.98 Å². The Morgan fingerprint density at radius 2 is 2.17 bits per heavy atom. The van der Waals surface area contributed by atoms with Gasteiger partial charge < -0.3 is 5.32 Å². The lowest BCUT2D eigenvalue weighted by Gasteiger charge is -2.38. The summed E-state index contributed by atoms with van der Waals surface area (Å²) in [7, 11) is 1.82. The van der Waals surface area contributed by atoms with E-state index in [-0.39, 0.29) is 11.3 Å². The molecular formula is C14H21N3O. The number of nitrogens with one attached hydrogen (secondary N) is 1. The zero-order chi connectivity index (χ0) is 13.0. The predicted molar refractivity (Wildman–Crippen MR) is 72.5 cm³/mol. The van der Waals surface area contributed by atoms with Crippen molar-refractivity contribution in [2.75, 3.05) is 25.0 Å². The molecule has 1 amide bonds. The van der Waals surface area contributed by atoms with E-state index in [1.54, 1.807) is 11.1 Å². The van der Waals surface area contributed by atoms with Crippen molar-refractivity contribution in [3.8, 4) is 0 Å². The van der Waals surface area contributed by atoms with Crippen LogP contribution in [0.5, 0.6) is 0 Å². The summed E-state index contributed by atoms with van der Waals surface area (Å²) in [4.78, 5) is 18.7. The Hall–Kier alpha value is -1.42. The minimum atomic E-state index is -0.211. The Balaban J connectivity index is 2.19. The van der Waals surface area contributed by atoms with E-state index in [1.807, 2.05) is 25.2 Å². The van der Waals surface area contributed by atoms with Crippen molar-refractivity contribution in [3.05, 3.63) is 24.4 Å². The molecule has 98 valence electrons. The molecule has 0 atom stereocenters. The lowest BCUT2D eigenvalue weighted by Crippen LogP contribution is -2.48. The Labute approximate surface area is 108 Å². The summed E-state index contributed by atoms with van der Waals surface area (Å²) < 4.78 is 0. The summed E-state index contributed by atoms with van der Waals surface area (Å²) >= 11 is 0.